The van der Waals surface area contributed by atoms with Crippen LogP contribution in [0, 0.1) is 0 Å². The van der Waals surface area contributed by atoms with Gasteiger partial charge in [0.05, 0.1) is 6.42 Å². The fourth-order valence-electron chi connectivity index (χ4n) is 2.40. The second-order valence-corrected chi connectivity index (χ2v) is 6.02. The Morgan fingerprint density at radius 3 is 2.23 bits per heavy atom. The first-order valence-electron chi connectivity index (χ1n) is 7.56. The van der Waals surface area contributed by atoms with Gasteiger partial charge in [-0.25, -0.2) is 0 Å². The van der Waals surface area contributed by atoms with Crippen molar-refractivity contribution in [1.82, 2.24) is 4.90 Å². The summed E-state index contributed by atoms with van der Waals surface area (Å²) in [7, 11) is 0. The zero-order valence-electron chi connectivity index (χ0n) is 12.4. The van der Waals surface area contributed by atoms with E-state index in [2.05, 4.69) is 5.32 Å². The number of carbonyl (C=O) groups excluding carboxylic acids is 1. The fraction of sp³-hybridized carbons (Fsp3) is 0.278. The monoisotopic (exact) mass is 314 g/mol. The second-order valence-electron chi connectivity index (χ2n) is 5.59. The molecule has 2 aromatic carbocycles. The van der Waals surface area contributed by atoms with Crippen LogP contribution in [0.15, 0.2) is 48.5 Å². The summed E-state index contributed by atoms with van der Waals surface area (Å²) < 4.78 is 0. The lowest BCUT2D eigenvalue weighted by Gasteiger charge is -2.30. The minimum Gasteiger partial charge on any atom is -0.381 e. The fourth-order valence-corrected chi connectivity index (χ4v) is 2.52. The summed E-state index contributed by atoms with van der Waals surface area (Å²) in [6.07, 6.45) is 1.64. The van der Waals surface area contributed by atoms with Crippen LogP contribution < -0.4 is 5.32 Å². The number of carbonyl (C=O) groups is 1. The van der Waals surface area contributed by atoms with E-state index >= 15 is 0 Å². The number of hydrogen-bond donors (Lipinski definition) is 1. The van der Waals surface area contributed by atoms with Gasteiger partial charge in [0.15, 0.2) is 0 Å². The molecule has 0 bridgehead atoms. The molecule has 3 nitrogen and oxygen atoms in total. The number of nitrogens with one attached hydrogen (secondary N) is 1. The third kappa shape index (κ3) is 3.80. The van der Waals surface area contributed by atoms with Crippen molar-refractivity contribution in [1.29, 1.82) is 0 Å². The molecular weight excluding hydrogens is 296 g/mol. The number of hydrogen-bond acceptors (Lipinski definition) is 2. The lowest BCUT2D eigenvalue weighted by Crippen LogP contribution is -2.42. The van der Waals surface area contributed by atoms with Crippen LogP contribution >= 0.6 is 11.6 Å². The van der Waals surface area contributed by atoms with Gasteiger partial charge in [0.2, 0.25) is 5.91 Å². The number of benzene rings is 2. The van der Waals surface area contributed by atoms with E-state index in [4.69, 9.17) is 11.6 Å². The van der Waals surface area contributed by atoms with E-state index in [1.165, 1.54) is 5.56 Å². The van der Waals surface area contributed by atoms with Crippen LogP contribution in [0.3, 0.4) is 0 Å². The molecule has 1 saturated heterocycles. The second kappa shape index (κ2) is 6.84. The number of rotatable bonds is 5. The number of amides is 1. The van der Waals surface area contributed by atoms with Gasteiger partial charge in [-0.3, -0.25) is 4.79 Å². The van der Waals surface area contributed by atoms with E-state index < -0.39 is 0 Å². The summed E-state index contributed by atoms with van der Waals surface area (Å²) in [4.78, 5) is 13.8. The van der Waals surface area contributed by atoms with E-state index in [1.807, 2.05) is 53.4 Å². The average Bonchev–Trinajstić information content (AvgIpc) is 2.46. The van der Waals surface area contributed by atoms with Gasteiger partial charge in [-0.1, -0.05) is 35.9 Å². The van der Waals surface area contributed by atoms with Gasteiger partial charge in [0.25, 0.3) is 0 Å². The van der Waals surface area contributed by atoms with Crippen molar-refractivity contribution in [3.8, 4) is 0 Å². The maximum atomic E-state index is 11.9. The minimum atomic E-state index is 0.230. The molecule has 1 amide bonds. The molecule has 1 aliphatic rings. The van der Waals surface area contributed by atoms with Crippen LogP contribution in [-0.2, 0) is 17.8 Å². The summed E-state index contributed by atoms with van der Waals surface area (Å²) >= 11 is 5.87. The quantitative estimate of drug-likeness (QED) is 0.912. The van der Waals surface area contributed by atoms with Crippen molar-refractivity contribution < 1.29 is 4.79 Å². The van der Waals surface area contributed by atoms with Crippen molar-refractivity contribution in [2.75, 3.05) is 18.4 Å². The predicted molar refractivity (Wildman–Crippen MR) is 90.1 cm³/mol. The minimum absolute atomic E-state index is 0.230. The third-order valence-corrected chi connectivity index (χ3v) is 4.18. The largest absolute Gasteiger partial charge is 0.381 e. The molecule has 0 unspecified atom stereocenters. The Morgan fingerprint density at radius 1 is 1.00 bits per heavy atom. The van der Waals surface area contributed by atoms with E-state index in [0.717, 1.165) is 42.3 Å². The third-order valence-electron chi connectivity index (χ3n) is 3.93. The highest BCUT2D eigenvalue weighted by atomic mass is 35.5. The van der Waals surface area contributed by atoms with Gasteiger partial charge >= 0.3 is 0 Å². The lowest BCUT2D eigenvalue weighted by molar-refractivity contribution is -0.133. The van der Waals surface area contributed by atoms with Crippen LogP contribution in [0.25, 0.3) is 0 Å². The van der Waals surface area contributed by atoms with Crippen molar-refractivity contribution in [2.45, 2.75) is 19.4 Å². The molecule has 0 spiro atoms. The zero-order chi connectivity index (χ0) is 15.4. The maximum absolute atomic E-state index is 11.9. The summed E-state index contributed by atoms with van der Waals surface area (Å²) in [5, 5.41) is 4.12. The Morgan fingerprint density at radius 2 is 1.64 bits per heavy atom. The normalized spacial score (nSPS) is 13.6. The predicted octanol–water partition coefficient (Wildman–Crippen LogP) is 3.73. The molecule has 1 fully saturated rings. The molecule has 0 atom stereocenters. The summed E-state index contributed by atoms with van der Waals surface area (Å²) in [6, 6.07) is 15.9. The van der Waals surface area contributed by atoms with Gasteiger partial charge in [0.1, 0.15) is 0 Å². The highest BCUT2D eigenvalue weighted by Crippen LogP contribution is 2.15. The first-order chi connectivity index (χ1) is 10.7. The van der Waals surface area contributed by atoms with Gasteiger partial charge < -0.3 is 10.2 Å². The van der Waals surface area contributed by atoms with Crippen LogP contribution in [0.2, 0.25) is 5.02 Å². The molecule has 1 aliphatic heterocycles. The molecule has 0 radical (unpaired) electrons. The van der Waals surface area contributed by atoms with E-state index in [-0.39, 0.29) is 5.91 Å². The summed E-state index contributed by atoms with van der Waals surface area (Å²) in [5.74, 6) is 0.230. The number of anilines is 1. The zero-order valence-corrected chi connectivity index (χ0v) is 13.1. The number of nitrogens with zero attached hydrogens (tertiary/aromatic N) is 1. The van der Waals surface area contributed by atoms with Crippen molar-refractivity contribution in [3.63, 3.8) is 0 Å². The molecule has 1 N–H and O–H groups in total. The van der Waals surface area contributed by atoms with Gasteiger partial charge in [0, 0.05) is 30.3 Å². The van der Waals surface area contributed by atoms with E-state index in [0.29, 0.717) is 6.42 Å². The highest BCUT2D eigenvalue weighted by molar-refractivity contribution is 6.30. The molecule has 4 heteroatoms. The Hall–Kier alpha value is -2.00. The van der Waals surface area contributed by atoms with Crippen molar-refractivity contribution >= 4 is 23.2 Å². The van der Waals surface area contributed by atoms with Gasteiger partial charge in [-0.05, 0) is 41.8 Å². The molecule has 2 aromatic rings. The average molecular weight is 315 g/mol. The Labute approximate surface area is 135 Å². The number of halogens is 1. The molecule has 3 rings (SSSR count). The molecule has 0 saturated carbocycles. The molecule has 0 aromatic heterocycles. The van der Waals surface area contributed by atoms with Gasteiger partial charge in [-0.15, -0.1) is 0 Å². The molecule has 114 valence electrons. The van der Waals surface area contributed by atoms with Crippen molar-refractivity contribution in [3.05, 3.63) is 64.7 Å². The first-order valence-corrected chi connectivity index (χ1v) is 7.93. The molecule has 0 aliphatic carbocycles. The molecular formula is C18H19ClN2O. The SMILES string of the molecule is O=C(Cc1ccc(NCc2ccc(Cl)cc2)cc1)N1CCC1. The van der Waals surface area contributed by atoms with E-state index in [9.17, 15) is 4.79 Å². The Balaban J connectivity index is 1.52. The van der Waals surface area contributed by atoms with Crippen LogP contribution in [-0.4, -0.2) is 23.9 Å². The highest BCUT2D eigenvalue weighted by Gasteiger charge is 2.19. The lowest BCUT2D eigenvalue weighted by atomic mass is 10.1. The number of likely N-dealkylation sites (tertiary alicyclic amines) is 1. The topological polar surface area (TPSA) is 32.3 Å². The standard InChI is InChI=1S/C18H19ClN2O/c19-16-6-2-15(3-7-16)13-20-17-8-4-14(5-9-17)12-18(22)21-10-1-11-21/h2-9,20H,1,10-13H2. The maximum Gasteiger partial charge on any atom is 0.226 e. The molecule has 22 heavy (non-hydrogen) atoms. The van der Waals surface area contributed by atoms with Crippen LogP contribution in [0.5, 0.6) is 0 Å². The van der Waals surface area contributed by atoms with Crippen molar-refractivity contribution in [2.24, 2.45) is 0 Å². The summed E-state index contributed by atoms with van der Waals surface area (Å²) in [5.41, 5.74) is 3.30. The van der Waals surface area contributed by atoms with Crippen LogP contribution in [0.1, 0.15) is 17.5 Å². The Kier molecular flexibility index (Phi) is 4.64. The summed E-state index contributed by atoms with van der Waals surface area (Å²) in [6.45, 7) is 2.59. The van der Waals surface area contributed by atoms with Crippen LogP contribution in [0.4, 0.5) is 5.69 Å². The Bertz CT molecular complexity index is 633. The van der Waals surface area contributed by atoms with E-state index in [1.54, 1.807) is 0 Å². The first kappa shape index (κ1) is 14.9. The van der Waals surface area contributed by atoms with Gasteiger partial charge in [-0.2, -0.15) is 0 Å². The smallest absolute Gasteiger partial charge is 0.226 e. The molecule has 1 heterocycles.